The number of hydrogen-bond donors (Lipinski definition) is 1. The lowest BCUT2D eigenvalue weighted by molar-refractivity contribution is -0.117. The van der Waals surface area contributed by atoms with Gasteiger partial charge >= 0.3 is 11.7 Å². The van der Waals surface area contributed by atoms with Gasteiger partial charge in [-0.25, -0.2) is 9.59 Å². The van der Waals surface area contributed by atoms with Gasteiger partial charge in [-0.1, -0.05) is 13.3 Å². The first-order valence-corrected chi connectivity index (χ1v) is 8.75. The van der Waals surface area contributed by atoms with Crippen LogP contribution in [0.2, 0.25) is 0 Å². The molecule has 2 aromatic heterocycles. The molecule has 3 rings (SSSR count). The number of esters is 1. The maximum Gasteiger partial charge on any atom is 0.437 e. The average Bonchev–Trinajstić information content (AvgIpc) is 3.33. The van der Waals surface area contributed by atoms with E-state index in [1.165, 1.54) is 6.26 Å². The van der Waals surface area contributed by atoms with Gasteiger partial charge in [0.05, 0.1) is 18.4 Å². The molecular formula is C19H19N3O6. The van der Waals surface area contributed by atoms with E-state index in [1.54, 1.807) is 36.4 Å². The van der Waals surface area contributed by atoms with E-state index in [0.29, 0.717) is 17.9 Å². The summed E-state index contributed by atoms with van der Waals surface area (Å²) in [5.74, 6) is -1.37. The second kappa shape index (κ2) is 8.85. The van der Waals surface area contributed by atoms with Crippen LogP contribution < -0.4 is 11.1 Å². The first kappa shape index (κ1) is 19.2. The molecule has 0 atom stereocenters. The second-order valence-corrected chi connectivity index (χ2v) is 5.92. The number of furan rings is 1. The molecule has 0 unspecified atom stereocenters. The third-order valence-electron chi connectivity index (χ3n) is 3.77. The average molecular weight is 385 g/mol. The van der Waals surface area contributed by atoms with E-state index in [2.05, 4.69) is 10.4 Å². The van der Waals surface area contributed by atoms with Gasteiger partial charge < -0.3 is 18.9 Å². The fraction of sp³-hybridized carbons (Fsp3) is 0.263. The fourth-order valence-corrected chi connectivity index (χ4v) is 2.32. The quantitative estimate of drug-likeness (QED) is 0.468. The summed E-state index contributed by atoms with van der Waals surface area (Å²) in [5, 5.41) is 6.55. The molecule has 0 radical (unpaired) electrons. The molecule has 28 heavy (non-hydrogen) atoms. The van der Waals surface area contributed by atoms with Crippen molar-refractivity contribution >= 4 is 17.6 Å². The van der Waals surface area contributed by atoms with E-state index in [4.69, 9.17) is 13.6 Å². The normalized spacial score (nSPS) is 10.6. The molecule has 3 aromatic rings. The Kier molecular flexibility index (Phi) is 6.05. The molecule has 0 aliphatic heterocycles. The second-order valence-electron chi connectivity index (χ2n) is 5.92. The van der Waals surface area contributed by atoms with Crippen molar-refractivity contribution in [1.82, 2.24) is 9.78 Å². The molecular weight excluding hydrogens is 366 g/mol. The van der Waals surface area contributed by atoms with E-state index in [9.17, 15) is 14.4 Å². The zero-order valence-electron chi connectivity index (χ0n) is 15.2. The molecule has 9 heteroatoms. The van der Waals surface area contributed by atoms with Crippen molar-refractivity contribution in [2.24, 2.45) is 0 Å². The minimum atomic E-state index is -0.772. The number of nitrogens with one attached hydrogen (secondary N) is 1. The zero-order chi connectivity index (χ0) is 19.9. The third kappa shape index (κ3) is 4.76. The summed E-state index contributed by atoms with van der Waals surface area (Å²) < 4.78 is 16.1. The zero-order valence-corrected chi connectivity index (χ0v) is 15.2. The number of carbonyl (C=O) groups is 2. The smallest absolute Gasteiger partial charge is 0.437 e. The third-order valence-corrected chi connectivity index (χ3v) is 3.77. The molecule has 0 saturated carbocycles. The van der Waals surface area contributed by atoms with Gasteiger partial charge in [-0.15, -0.1) is 5.10 Å². The Morgan fingerprint density at radius 1 is 1.21 bits per heavy atom. The van der Waals surface area contributed by atoms with Crippen molar-refractivity contribution < 1.29 is 23.2 Å². The number of hydrogen-bond acceptors (Lipinski definition) is 7. The van der Waals surface area contributed by atoms with Gasteiger partial charge in [-0.2, -0.15) is 4.68 Å². The minimum absolute atomic E-state index is 0.00580. The molecule has 0 saturated heterocycles. The summed E-state index contributed by atoms with van der Waals surface area (Å²) in [6, 6.07) is 9.49. The summed E-state index contributed by atoms with van der Waals surface area (Å²) in [4.78, 5) is 35.8. The van der Waals surface area contributed by atoms with Gasteiger partial charge in [0.1, 0.15) is 6.54 Å². The fourth-order valence-electron chi connectivity index (χ4n) is 2.32. The van der Waals surface area contributed by atoms with E-state index >= 15 is 0 Å². The summed E-state index contributed by atoms with van der Waals surface area (Å²) in [7, 11) is 0. The lowest BCUT2D eigenvalue weighted by Crippen LogP contribution is -2.25. The van der Waals surface area contributed by atoms with Crippen molar-refractivity contribution in [3.05, 3.63) is 58.8 Å². The van der Waals surface area contributed by atoms with Crippen LogP contribution in [-0.2, 0) is 16.1 Å². The topological polar surface area (TPSA) is 117 Å². The lowest BCUT2D eigenvalue weighted by Gasteiger charge is -2.06. The van der Waals surface area contributed by atoms with Crippen LogP contribution in [0.4, 0.5) is 5.69 Å². The molecule has 1 amide bonds. The Labute approximate surface area is 159 Å². The molecule has 0 fully saturated rings. The summed E-state index contributed by atoms with van der Waals surface area (Å²) >= 11 is 0. The van der Waals surface area contributed by atoms with Crippen LogP contribution in [0.1, 0.15) is 30.1 Å². The lowest BCUT2D eigenvalue weighted by atomic mass is 10.2. The molecule has 1 aromatic carbocycles. The van der Waals surface area contributed by atoms with Crippen LogP contribution in [0, 0.1) is 0 Å². The molecule has 146 valence electrons. The van der Waals surface area contributed by atoms with Gasteiger partial charge in [-0.3, -0.25) is 4.79 Å². The van der Waals surface area contributed by atoms with Crippen LogP contribution in [0.25, 0.3) is 11.7 Å². The molecule has 0 aliphatic carbocycles. The van der Waals surface area contributed by atoms with Gasteiger partial charge in [0, 0.05) is 5.69 Å². The van der Waals surface area contributed by atoms with E-state index < -0.39 is 17.6 Å². The first-order chi connectivity index (χ1) is 13.6. The Morgan fingerprint density at radius 3 is 2.68 bits per heavy atom. The van der Waals surface area contributed by atoms with Crippen molar-refractivity contribution in [1.29, 1.82) is 0 Å². The summed E-state index contributed by atoms with van der Waals surface area (Å²) in [6.07, 6.45) is 3.17. The van der Waals surface area contributed by atoms with Crippen molar-refractivity contribution in [3.8, 4) is 11.7 Å². The highest BCUT2D eigenvalue weighted by Crippen LogP contribution is 2.15. The van der Waals surface area contributed by atoms with Crippen LogP contribution >= 0.6 is 0 Å². The molecule has 0 spiro atoms. The Morgan fingerprint density at radius 2 is 2.00 bits per heavy atom. The Balaban J connectivity index is 1.58. The predicted molar refractivity (Wildman–Crippen MR) is 98.7 cm³/mol. The summed E-state index contributed by atoms with van der Waals surface area (Å²) in [6.45, 7) is 2.06. The van der Waals surface area contributed by atoms with Crippen molar-refractivity contribution in [2.75, 3.05) is 11.9 Å². The maximum absolute atomic E-state index is 12.2. The minimum Gasteiger partial charge on any atom is -0.462 e. The van der Waals surface area contributed by atoms with E-state index in [1.807, 2.05) is 6.92 Å². The molecule has 2 heterocycles. The number of unbranched alkanes of at least 4 members (excludes halogenated alkanes) is 1. The number of nitrogens with zero attached hydrogens (tertiary/aromatic N) is 2. The molecule has 0 aliphatic rings. The van der Waals surface area contributed by atoms with Gasteiger partial charge in [0.2, 0.25) is 5.91 Å². The molecule has 9 nitrogen and oxygen atoms in total. The predicted octanol–water partition coefficient (Wildman–Crippen LogP) is 2.69. The number of ether oxygens (including phenoxy) is 1. The number of benzene rings is 1. The Bertz CT molecular complexity index is 986. The van der Waals surface area contributed by atoms with Gasteiger partial charge in [0.15, 0.2) is 5.76 Å². The Hall–Kier alpha value is -3.62. The SMILES string of the molecule is CCCCOC(=O)c1ccc(NC(=O)Cn2nc(-c3ccco3)oc2=O)cc1. The van der Waals surface area contributed by atoms with Crippen LogP contribution in [0.15, 0.2) is 56.3 Å². The first-order valence-electron chi connectivity index (χ1n) is 8.75. The highest BCUT2D eigenvalue weighted by atomic mass is 16.5. The van der Waals surface area contributed by atoms with E-state index in [-0.39, 0.29) is 18.2 Å². The van der Waals surface area contributed by atoms with E-state index in [0.717, 1.165) is 17.5 Å². The van der Waals surface area contributed by atoms with Crippen LogP contribution in [-0.4, -0.2) is 28.3 Å². The highest BCUT2D eigenvalue weighted by Gasteiger charge is 2.15. The van der Waals surface area contributed by atoms with Crippen molar-refractivity contribution in [3.63, 3.8) is 0 Å². The van der Waals surface area contributed by atoms with Crippen LogP contribution in [0.3, 0.4) is 0 Å². The van der Waals surface area contributed by atoms with Crippen molar-refractivity contribution in [2.45, 2.75) is 26.3 Å². The standard InChI is InChI=1S/C19H19N3O6/c1-2-3-10-27-18(24)13-6-8-14(9-7-13)20-16(23)12-22-19(25)28-17(21-22)15-5-4-11-26-15/h4-9,11H,2-3,10,12H2,1H3,(H,20,23). The van der Waals surface area contributed by atoms with Gasteiger partial charge in [0.25, 0.3) is 5.89 Å². The van der Waals surface area contributed by atoms with Gasteiger partial charge in [-0.05, 0) is 42.8 Å². The largest absolute Gasteiger partial charge is 0.462 e. The monoisotopic (exact) mass is 385 g/mol. The number of carbonyl (C=O) groups excluding carboxylic acids is 2. The number of anilines is 1. The number of rotatable bonds is 8. The molecule has 1 N–H and O–H groups in total. The number of aromatic nitrogens is 2. The maximum atomic E-state index is 12.2. The summed E-state index contributed by atoms with van der Waals surface area (Å²) in [5.41, 5.74) is 0.864. The van der Waals surface area contributed by atoms with Crippen LogP contribution in [0.5, 0.6) is 0 Å². The number of amides is 1. The highest BCUT2D eigenvalue weighted by molar-refractivity contribution is 5.92. The molecule has 0 bridgehead atoms.